The van der Waals surface area contributed by atoms with Crippen LogP contribution in [0.2, 0.25) is 0 Å². The molecule has 180 valence electrons. The van der Waals surface area contributed by atoms with Crippen molar-refractivity contribution >= 4 is 11.8 Å². The Morgan fingerprint density at radius 2 is 1.64 bits per heavy atom. The van der Waals surface area contributed by atoms with Gasteiger partial charge < -0.3 is 15.0 Å². The molecule has 8 heteroatoms. The van der Waals surface area contributed by atoms with Gasteiger partial charge in [-0.3, -0.25) is 9.59 Å². The lowest BCUT2D eigenvalue weighted by Gasteiger charge is -2.56. The largest absolute Gasteiger partial charge is 0.573 e. The number of nitrogens with zero attached hydrogens (tertiary/aromatic N) is 1. The number of amides is 2. The second kappa shape index (κ2) is 8.20. The minimum atomic E-state index is -4.74. The van der Waals surface area contributed by atoms with Crippen molar-refractivity contribution in [3.8, 4) is 5.75 Å². The Labute approximate surface area is 192 Å². The highest BCUT2D eigenvalue weighted by Gasteiger charge is 2.56. The Morgan fingerprint density at radius 1 is 1.06 bits per heavy atom. The third-order valence-corrected chi connectivity index (χ3v) is 8.28. The van der Waals surface area contributed by atoms with Crippen molar-refractivity contribution in [1.82, 2.24) is 10.2 Å². The summed E-state index contributed by atoms with van der Waals surface area (Å²) in [7, 11) is 0. The van der Waals surface area contributed by atoms with E-state index in [-0.39, 0.29) is 23.0 Å². The van der Waals surface area contributed by atoms with Crippen LogP contribution in [0.1, 0.15) is 69.9 Å². The second-order valence-electron chi connectivity index (χ2n) is 10.7. The summed E-state index contributed by atoms with van der Waals surface area (Å²) < 4.78 is 41.0. The fourth-order valence-corrected chi connectivity index (χ4v) is 7.31. The lowest BCUT2D eigenvalue weighted by atomic mass is 9.49. The van der Waals surface area contributed by atoms with E-state index in [1.807, 2.05) is 4.90 Å². The van der Waals surface area contributed by atoms with Crippen molar-refractivity contribution in [2.45, 2.75) is 76.7 Å². The fourth-order valence-electron chi connectivity index (χ4n) is 7.31. The average molecular weight is 465 g/mol. The molecule has 1 aliphatic heterocycles. The maximum atomic E-state index is 13.8. The number of nitrogens with one attached hydrogen (secondary N) is 1. The molecule has 4 saturated carbocycles. The number of carbonyl (C=O) groups excluding carboxylic acids is 2. The Hall–Kier alpha value is -2.25. The van der Waals surface area contributed by atoms with Gasteiger partial charge in [0.15, 0.2) is 0 Å². The Kier molecular flexibility index (Phi) is 5.60. The molecule has 0 radical (unpaired) electrons. The van der Waals surface area contributed by atoms with E-state index in [1.54, 1.807) is 6.92 Å². The van der Waals surface area contributed by atoms with Crippen LogP contribution in [-0.4, -0.2) is 35.7 Å². The van der Waals surface area contributed by atoms with Crippen molar-refractivity contribution in [3.63, 3.8) is 0 Å². The molecule has 1 aromatic rings. The van der Waals surface area contributed by atoms with Crippen molar-refractivity contribution in [3.05, 3.63) is 29.8 Å². The van der Waals surface area contributed by atoms with Crippen LogP contribution in [0.25, 0.3) is 0 Å². The molecule has 5 fully saturated rings. The van der Waals surface area contributed by atoms with Crippen LogP contribution >= 0.6 is 0 Å². The van der Waals surface area contributed by atoms with Crippen molar-refractivity contribution in [1.29, 1.82) is 0 Å². The van der Waals surface area contributed by atoms with E-state index in [4.69, 9.17) is 0 Å². The maximum absolute atomic E-state index is 13.8. The molecule has 0 spiro atoms. The van der Waals surface area contributed by atoms with E-state index >= 15 is 0 Å². The molecule has 5 aliphatic rings. The van der Waals surface area contributed by atoms with Gasteiger partial charge in [-0.15, -0.1) is 13.2 Å². The number of carbonyl (C=O) groups is 2. The van der Waals surface area contributed by atoms with Crippen LogP contribution in [0.15, 0.2) is 24.3 Å². The molecular weight excluding hydrogens is 433 g/mol. The second-order valence-corrected chi connectivity index (χ2v) is 10.7. The van der Waals surface area contributed by atoms with Gasteiger partial charge in [-0.1, -0.05) is 12.1 Å². The topological polar surface area (TPSA) is 58.6 Å². The molecule has 2 amide bonds. The number of ether oxygens (including phenoxy) is 1. The molecule has 4 bridgehead atoms. The Morgan fingerprint density at radius 3 is 2.18 bits per heavy atom. The van der Waals surface area contributed by atoms with Gasteiger partial charge in [-0.2, -0.15) is 0 Å². The summed E-state index contributed by atoms with van der Waals surface area (Å²) in [4.78, 5) is 28.7. The average Bonchev–Trinajstić information content (AvgIpc) is 3.21. The fraction of sp³-hybridized carbons (Fsp3) is 0.680. The van der Waals surface area contributed by atoms with Crippen LogP contribution in [0.3, 0.4) is 0 Å². The maximum Gasteiger partial charge on any atom is 0.573 e. The van der Waals surface area contributed by atoms with Gasteiger partial charge in [-0.25, -0.2) is 0 Å². The highest BCUT2D eigenvalue weighted by molar-refractivity contribution is 5.91. The summed E-state index contributed by atoms with van der Waals surface area (Å²) in [6.07, 6.45) is 3.45. The molecule has 1 heterocycles. The molecule has 1 saturated heterocycles. The first-order chi connectivity index (χ1) is 15.6. The van der Waals surface area contributed by atoms with Gasteiger partial charge in [0, 0.05) is 6.54 Å². The molecule has 0 aromatic heterocycles. The number of hydrogen-bond acceptors (Lipinski definition) is 3. The van der Waals surface area contributed by atoms with Crippen molar-refractivity contribution in [2.24, 2.45) is 23.2 Å². The van der Waals surface area contributed by atoms with Gasteiger partial charge in [0.05, 0.1) is 11.5 Å². The zero-order chi connectivity index (χ0) is 23.4. The van der Waals surface area contributed by atoms with Crippen LogP contribution in [0, 0.1) is 23.2 Å². The third-order valence-electron chi connectivity index (χ3n) is 8.28. The summed E-state index contributed by atoms with van der Waals surface area (Å²) in [6.45, 7) is 2.41. The first kappa shape index (κ1) is 22.5. The number of halogens is 3. The highest BCUT2D eigenvalue weighted by Crippen LogP contribution is 2.60. The zero-order valence-electron chi connectivity index (χ0n) is 18.9. The first-order valence-electron chi connectivity index (χ1n) is 12.1. The van der Waals surface area contributed by atoms with Gasteiger partial charge in [0.25, 0.3) is 0 Å². The van der Waals surface area contributed by atoms with E-state index < -0.39 is 18.4 Å². The van der Waals surface area contributed by atoms with Crippen LogP contribution in [0.5, 0.6) is 5.75 Å². The van der Waals surface area contributed by atoms with E-state index in [0.29, 0.717) is 36.3 Å². The van der Waals surface area contributed by atoms with Crippen LogP contribution < -0.4 is 10.1 Å². The predicted molar refractivity (Wildman–Crippen MR) is 115 cm³/mol. The van der Waals surface area contributed by atoms with E-state index in [0.717, 1.165) is 25.7 Å². The molecule has 5 nitrogen and oxygen atoms in total. The zero-order valence-corrected chi connectivity index (χ0v) is 18.9. The normalized spacial score (nSPS) is 33.8. The lowest BCUT2D eigenvalue weighted by Crippen LogP contribution is -2.57. The number of alkyl halides is 3. The number of benzene rings is 1. The van der Waals surface area contributed by atoms with Gasteiger partial charge in [-0.05, 0) is 93.7 Å². The third kappa shape index (κ3) is 4.45. The van der Waals surface area contributed by atoms with E-state index in [2.05, 4.69) is 10.1 Å². The minimum Gasteiger partial charge on any atom is -0.406 e. The van der Waals surface area contributed by atoms with Crippen LogP contribution in [0.4, 0.5) is 13.2 Å². The summed E-state index contributed by atoms with van der Waals surface area (Å²) in [5.74, 6) is 1.69. The molecule has 2 unspecified atom stereocenters. The summed E-state index contributed by atoms with van der Waals surface area (Å²) in [6, 6.07) is 4.64. The smallest absolute Gasteiger partial charge is 0.406 e. The highest BCUT2D eigenvalue weighted by atomic mass is 19.4. The van der Waals surface area contributed by atoms with Crippen LogP contribution in [-0.2, 0) is 9.59 Å². The monoisotopic (exact) mass is 464 g/mol. The molecule has 2 atom stereocenters. The number of hydrogen-bond donors (Lipinski definition) is 1. The number of likely N-dealkylation sites (tertiary alicyclic amines) is 1. The molecule has 1 N–H and O–H groups in total. The first-order valence-corrected chi connectivity index (χ1v) is 12.1. The standard InChI is InChI=1S/C25H31F3N2O3/c1-15(19-4-6-20(7-5-19)33-25(26,27)28)29-22(31)21-3-2-8-30(21)23(32)24-12-16-9-17(13-24)11-18(10-16)14-24/h4-7,15-18,21H,2-3,8-14H2,1H3,(H,29,31). The molecular formula is C25H31F3N2O3. The quantitative estimate of drug-likeness (QED) is 0.670. The molecule has 1 aromatic carbocycles. The predicted octanol–water partition coefficient (Wildman–Crippen LogP) is 4.97. The summed E-state index contributed by atoms with van der Waals surface area (Å²) in [5.41, 5.74) is 0.409. The number of rotatable bonds is 5. The lowest BCUT2D eigenvalue weighted by molar-refractivity contribution is -0.274. The summed E-state index contributed by atoms with van der Waals surface area (Å²) >= 11 is 0. The summed E-state index contributed by atoms with van der Waals surface area (Å²) in [5, 5.41) is 2.97. The van der Waals surface area contributed by atoms with Gasteiger partial charge >= 0.3 is 6.36 Å². The van der Waals surface area contributed by atoms with E-state index in [1.165, 1.54) is 43.5 Å². The van der Waals surface area contributed by atoms with Crippen molar-refractivity contribution in [2.75, 3.05) is 6.54 Å². The SMILES string of the molecule is CC(NC(=O)C1CCCN1C(=O)C12CC3CC(CC(C3)C1)C2)c1ccc(OC(F)(F)F)cc1. The van der Waals surface area contributed by atoms with E-state index in [9.17, 15) is 22.8 Å². The molecule has 6 rings (SSSR count). The minimum absolute atomic E-state index is 0.181. The molecule has 4 aliphatic carbocycles. The molecule has 33 heavy (non-hydrogen) atoms. The van der Waals surface area contributed by atoms with Crippen molar-refractivity contribution < 1.29 is 27.5 Å². The van der Waals surface area contributed by atoms with Gasteiger partial charge in [0.1, 0.15) is 11.8 Å². The Balaban J connectivity index is 1.24. The van der Waals surface area contributed by atoms with Gasteiger partial charge in [0.2, 0.25) is 11.8 Å². The Bertz CT molecular complexity index is 879.